The average molecular weight is 283 g/mol. The first kappa shape index (κ1) is 16.2. The number of rotatable bonds is 7. The molecule has 0 bridgehead atoms. The molecule has 1 saturated carbocycles. The lowest BCUT2D eigenvalue weighted by atomic mass is 9.85. The third-order valence-electron chi connectivity index (χ3n) is 5.54. The van der Waals surface area contributed by atoms with Crippen molar-refractivity contribution in [2.75, 3.05) is 46.9 Å². The fraction of sp³-hybridized carbons (Fsp3) is 1.00. The van der Waals surface area contributed by atoms with Crippen molar-refractivity contribution in [2.45, 2.75) is 50.6 Å². The minimum Gasteiger partial charge on any atom is -0.394 e. The average Bonchev–Trinajstić information content (AvgIpc) is 3.04. The van der Waals surface area contributed by atoms with Gasteiger partial charge in [0.2, 0.25) is 0 Å². The zero-order valence-electron chi connectivity index (χ0n) is 13.6. The predicted molar refractivity (Wildman–Crippen MR) is 84.0 cm³/mol. The van der Waals surface area contributed by atoms with Gasteiger partial charge in [0.15, 0.2) is 0 Å². The van der Waals surface area contributed by atoms with Crippen LogP contribution >= 0.6 is 0 Å². The van der Waals surface area contributed by atoms with Gasteiger partial charge in [-0.15, -0.1) is 0 Å². The molecule has 1 saturated heterocycles. The predicted octanol–water partition coefficient (Wildman–Crippen LogP) is 1.15. The maximum atomic E-state index is 9.84. The number of likely N-dealkylation sites (tertiary alicyclic amines) is 1. The van der Waals surface area contributed by atoms with E-state index in [9.17, 15) is 5.11 Å². The van der Waals surface area contributed by atoms with Gasteiger partial charge in [-0.3, -0.25) is 0 Å². The number of hydrogen-bond acceptors (Lipinski definition) is 4. The van der Waals surface area contributed by atoms with Crippen LogP contribution < -0.4 is 5.32 Å². The van der Waals surface area contributed by atoms with Crippen LogP contribution in [0.25, 0.3) is 0 Å². The van der Waals surface area contributed by atoms with Gasteiger partial charge in [-0.2, -0.15) is 0 Å². The van der Waals surface area contributed by atoms with E-state index in [1.54, 1.807) is 0 Å². The van der Waals surface area contributed by atoms with Gasteiger partial charge in [-0.05, 0) is 65.3 Å². The summed E-state index contributed by atoms with van der Waals surface area (Å²) in [6, 6.07) is 0.731. The summed E-state index contributed by atoms with van der Waals surface area (Å²) >= 11 is 0. The minimum absolute atomic E-state index is 0.00935. The van der Waals surface area contributed by atoms with Crippen LogP contribution in [0, 0.1) is 5.92 Å². The first-order valence-electron chi connectivity index (χ1n) is 8.36. The van der Waals surface area contributed by atoms with Gasteiger partial charge in [0.25, 0.3) is 0 Å². The molecular formula is C16H33N3O. The molecule has 2 aliphatic rings. The fourth-order valence-electron chi connectivity index (χ4n) is 4.19. The first-order chi connectivity index (χ1) is 9.61. The number of nitrogens with one attached hydrogen (secondary N) is 1. The molecule has 4 heteroatoms. The lowest BCUT2D eigenvalue weighted by Gasteiger charge is -2.35. The molecule has 0 aromatic carbocycles. The second-order valence-corrected chi connectivity index (χ2v) is 6.93. The third-order valence-corrected chi connectivity index (χ3v) is 5.54. The van der Waals surface area contributed by atoms with Gasteiger partial charge in [0, 0.05) is 18.1 Å². The molecule has 4 nitrogen and oxygen atoms in total. The van der Waals surface area contributed by atoms with Crippen molar-refractivity contribution in [3.8, 4) is 0 Å². The Morgan fingerprint density at radius 1 is 1.35 bits per heavy atom. The van der Waals surface area contributed by atoms with E-state index in [0.717, 1.165) is 19.0 Å². The van der Waals surface area contributed by atoms with Crippen molar-refractivity contribution < 1.29 is 5.11 Å². The van der Waals surface area contributed by atoms with E-state index in [0.29, 0.717) is 12.5 Å². The first-order valence-corrected chi connectivity index (χ1v) is 8.36. The van der Waals surface area contributed by atoms with Crippen molar-refractivity contribution >= 4 is 0 Å². The molecule has 0 amide bonds. The Balaban J connectivity index is 1.81. The highest BCUT2D eigenvalue weighted by atomic mass is 16.3. The Kier molecular flexibility index (Phi) is 5.84. The summed E-state index contributed by atoms with van der Waals surface area (Å²) < 4.78 is 0. The Hall–Kier alpha value is -0.160. The van der Waals surface area contributed by atoms with Gasteiger partial charge >= 0.3 is 0 Å². The van der Waals surface area contributed by atoms with Crippen molar-refractivity contribution in [3.63, 3.8) is 0 Å². The van der Waals surface area contributed by atoms with E-state index in [1.807, 2.05) is 0 Å². The van der Waals surface area contributed by atoms with Crippen LogP contribution in [0.15, 0.2) is 0 Å². The Bertz CT molecular complexity index is 297. The van der Waals surface area contributed by atoms with Crippen molar-refractivity contribution in [1.82, 2.24) is 15.1 Å². The molecule has 0 radical (unpaired) electrons. The second-order valence-electron chi connectivity index (χ2n) is 6.93. The topological polar surface area (TPSA) is 38.7 Å². The Morgan fingerprint density at radius 2 is 2.15 bits per heavy atom. The molecule has 0 aromatic heterocycles. The summed E-state index contributed by atoms with van der Waals surface area (Å²) in [7, 11) is 4.38. The van der Waals surface area contributed by atoms with Gasteiger partial charge in [0.1, 0.15) is 0 Å². The largest absolute Gasteiger partial charge is 0.394 e. The molecule has 2 fully saturated rings. The monoisotopic (exact) mass is 283 g/mol. The summed E-state index contributed by atoms with van der Waals surface area (Å²) in [5.41, 5.74) is 0.00935. The molecule has 2 N–H and O–H groups in total. The summed E-state index contributed by atoms with van der Waals surface area (Å²) in [5, 5.41) is 13.4. The minimum atomic E-state index is 0.00935. The van der Waals surface area contributed by atoms with E-state index in [1.165, 1.54) is 45.3 Å². The summed E-state index contributed by atoms with van der Waals surface area (Å²) in [6.45, 7) is 7.06. The molecule has 1 aliphatic carbocycles. The molecule has 2 rings (SSSR count). The van der Waals surface area contributed by atoms with Gasteiger partial charge < -0.3 is 20.2 Å². The normalized spacial score (nSPS) is 35.2. The van der Waals surface area contributed by atoms with Crippen LogP contribution in [-0.4, -0.2) is 73.4 Å². The highest BCUT2D eigenvalue weighted by Gasteiger charge is 2.41. The van der Waals surface area contributed by atoms with Gasteiger partial charge in [-0.1, -0.05) is 13.3 Å². The SMILES string of the molecule is CCNC1(CO)CCCC1CCN1CCC(N(C)C)C1. The molecule has 0 aromatic rings. The summed E-state index contributed by atoms with van der Waals surface area (Å²) in [6.07, 6.45) is 6.21. The van der Waals surface area contributed by atoms with Crippen molar-refractivity contribution in [1.29, 1.82) is 0 Å². The quantitative estimate of drug-likeness (QED) is 0.735. The smallest absolute Gasteiger partial charge is 0.0616 e. The fourth-order valence-corrected chi connectivity index (χ4v) is 4.19. The molecule has 3 unspecified atom stereocenters. The highest BCUT2D eigenvalue weighted by Crippen LogP contribution is 2.38. The Labute approximate surface area is 124 Å². The number of likely N-dealkylation sites (N-methyl/N-ethyl adjacent to an activating group) is 2. The molecule has 1 aliphatic heterocycles. The van der Waals surface area contributed by atoms with E-state index < -0.39 is 0 Å². The van der Waals surface area contributed by atoms with Crippen molar-refractivity contribution in [3.05, 3.63) is 0 Å². The number of aliphatic hydroxyl groups excluding tert-OH is 1. The maximum Gasteiger partial charge on any atom is 0.0616 e. The third kappa shape index (κ3) is 3.53. The number of hydrogen-bond donors (Lipinski definition) is 2. The van der Waals surface area contributed by atoms with E-state index in [-0.39, 0.29) is 5.54 Å². The lowest BCUT2D eigenvalue weighted by molar-refractivity contribution is 0.114. The number of aliphatic hydroxyl groups is 1. The highest BCUT2D eigenvalue weighted by molar-refractivity contribution is 4.99. The second kappa shape index (κ2) is 7.21. The van der Waals surface area contributed by atoms with Crippen LogP contribution in [0.2, 0.25) is 0 Å². The number of nitrogens with zero attached hydrogens (tertiary/aromatic N) is 2. The van der Waals surface area contributed by atoms with E-state index in [2.05, 4.69) is 36.1 Å². The zero-order chi connectivity index (χ0) is 14.6. The van der Waals surface area contributed by atoms with Gasteiger partial charge in [0.05, 0.1) is 6.61 Å². The standard InChI is InChI=1S/C16H33N3O/c1-4-17-16(13-20)9-5-6-14(16)7-10-19-11-8-15(12-19)18(2)3/h14-15,17,20H,4-13H2,1-3H3. The molecular weight excluding hydrogens is 250 g/mol. The molecule has 1 heterocycles. The van der Waals surface area contributed by atoms with Gasteiger partial charge in [-0.25, -0.2) is 0 Å². The van der Waals surface area contributed by atoms with Crippen LogP contribution in [0.5, 0.6) is 0 Å². The Morgan fingerprint density at radius 3 is 2.75 bits per heavy atom. The molecule has 3 atom stereocenters. The summed E-state index contributed by atoms with van der Waals surface area (Å²) in [4.78, 5) is 4.96. The van der Waals surface area contributed by atoms with Crippen LogP contribution in [0.4, 0.5) is 0 Å². The van der Waals surface area contributed by atoms with Crippen LogP contribution in [0.3, 0.4) is 0 Å². The van der Waals surface area contributed by atoms with Crippen molar-refractivity contribution in [2.24, 2.45) is 5.92 Å². The maximum absolute atomic E-state index is 9.84. The molecule has 118 valence electrons. The van der Waals surface area contributed by atoms with Crippen LogP contribution in [-0.2, 0) is 0 Å². The summed E-state index contributed by atoms with van der Waals surface area (Å²) in [5.74, 6) is 0.644. The van der Waals surface area contributed by atoms with E-state index in [4.69, 9.17) is 0 Å². The lowest BCUT2D eigenvalue weighted by Crippen LogP contribution is -2.51. The molecule has 0 spiro atoms. The zero-order valence-corrected chi connectivity index (χ0v) is 13.6. The molecule has 20 heavy (non-hydrogen) atoms. The van der Waals surface area contributed by atoms with E-state index >= 15 is 0 Å². The van der Waals surface area contributed by atoms with Crippen LogP contribution in [0.1, 0.15) is 39.0 Å².